The molecule has 0 fully saturated rings. The monoisotopic (exact) mass is 212 g/mol. The molecule has 2 N–H and O–H groups in total. The Balaban J connectivity index is 2.89. The van der Waals surface area contributed by atoms with E-state index >= 15 is 0 Å². The van der Waals surface area contributed by atoms with Crippen molar-refractivity contribution in [2.75, 3.05) is 0 Å². The van der Waals surface area contributed by atoms with Crippen LogP contribution in [-0.4, -0.2) is 4.98 Å². The van der Waals surface area contributed by atoms with Gasteiger partial charge in [0.25, 0.3) is 0 Å². The third-order valence-electron chi connectivity index (χ3n) is 2.09. The molecule has 0 radical (unpaired) electrons. The van der Waals surface area contributed by atoms with Crippen LogP contribution in [0.2, 0.25) is 0 Å². The Morgan fingerprint density at radius 2 is 1.93 bits per heavy atom. The van der Waals surface area contributed by atoms with Gasteiger partial charge in [-0.15, -0.1) is 11.3 Å². The molecule has 0 amide bonds. The fourth-order valence-electron chi connectivity index (χ4n) is 1.45. The van der Waals surface area contributed by atoms with Crippen LogP contribution in [0.15, 0.2) is 0 Å². The molecule has 0 atom stereocenters. The Kier molecular flexibility index (Phi) is 4.08. The summed E-state index contributed by atoms with van der Waals surface area (Å²) in [5.41, 5.74) is 6.90. The summed E-state index contributed by atoms with van der Waals surface area (Å²) in [5, 5.41) is 1.24. The highest BCUT2D eigenvalue weighted by Gasteiger charge is 2.13. The van der Waals surface area contributed by atoms with Crippen molar-refractivity contribution in [2.45, 2.75) is 46.6 Å². The minimum atomic E-state index is 0.491. The SMILES string of the molecule is CC(C)Cc1nc(C(C)C)c(CN)s1. The van der Waals surface area contributed by atoms with E-state index in [1.807, 2.05) is 0 Å². The van der Waals surface area contributed by atoms with Crippen LogP contribution in [0.1, 0.15) is 49.2 Å². The zero-order chi connectivity index (χ0) is 10.7. The van der Waals surface area contributed by atoms with Gasteiger partial charge in [0.1, 0.15) is 0 Å². The van der Waals surface area contributed by atoms with E-state index in [2.05, 4.69) is 32.7 Å². The first-order valence-corrected chi connectivity index (χ1v) is 6.04. The molecule has 0 bridgehead atoms. The molecular formula is C11H20N2S. The van der Waals surface area contributed by atoms with Crippen molar-refractivity contribution >= 4 is 11.3 Å². The molecule has 0 aliphatic heterocycles. The van der Waals surface area contributed by atoms with Crippen LogP contribution >= 0.6 is 11.3 Å². The third kappa shape index (κ3) is 2.79. The Morgan fingerprint density at radius 3 is 2.29 bits per heavy atom. The van der Waals surface area contributed by atoms with Gasteiger partial charge in [-0.25, -0.2) is 4.98 Å². The second-order valence-corrected chi connectivity index (χ2v) is 5.54. The first-order chi connectivity index (χ1) is 6.54. The molecule has 80 valence electrons. The van der Waals surface area contributed by atoms with Crippen molar-refractivity contribution < 1.29 is 0 Å². The van der Waals surface area contributed by atoms with E-state index in [0.717, 1.165) is 6.42 Å². The number of nitrogens with zero attached hydrogens (tertiary/aromatic N) is 1. The molecule has 0 aliphatic carbocycles. The van der Waals surface area contributed by atoms with Crippen LogP contribution in [0.4, 0.5) is 0 Å². The summed E-state index contributed by atoms with van der Waals surface area (Å²) in [6, 6.07) is 0. The van der Waals surface area contributed by atoms with Gasteiger partial charge in [-0.2, -0.15) is 0 Å². The molecule has 1 rings (SSSR count). The van der Waals surface area contributed by atoms with Crippen LogP contribution in [-0.2, 0) is 13.0 Å². The number of rotatable bonds is 4. The molecule has 2 nitrogen and oxygen atoms in total. The van der Waals surface area contributed by atoms with Crippen LogP contribution < -0.4 is 5.73 Å². The maximum absolute atomic E-state index is 5.70. The summed E-state index contributed by atoms with van der Waals surface area (Å²) < 4.78 is 0. The zero-order valence-electron chi connectivity index (χ0n) is 9.50. The van der Waals surface area contributed by atoms with Crippen molar-refractivity contribution in [3.8, 4) is 0 Å². The van der Waals surface area contributed by atoms with E-state index in [1.165, 1.54) is 15.6 Å². The van der Waals surface area contributed by atoms with Crippen molar-refractivity contribution in [1.82, 2.24) is 4.98 Å². The highest BCUT2D eigenvalue weighted by atomic mass is 32.1. The van der Waals surface area contributed by atoms with Gasteiger partial charge in [0.05, 0.1) is 10.7 Å². The predicted molar refractivity (Wildman–Crippen MR) is 62.6 cm³/mol. The number of hydrogen-bond acceptors (Lipinski definition) is 3. The number of nitrogens with two attached hydrogens (primary N) is 1. The molecule has 0 aromatic carbocycles. The highest BCUT2D eigenvalue weighted by Crippen LogP contribution is 2.26. The molecule has 3 heteroatoms. The molecule has 0 spiro atoms. The van der Waals surface area contributed by atoms with Gasteiger partial charge in [0.2, 0.25) is 0 Å². The Morgan fingerprint density at radius 1 is 1.29 bits per heavy atom. The van der Waals surface area contributed by atoms with Crippen molar-refractivity contribution in [3.63, 3.8) is 0 Å². The normalized spacial score (nSPS) is 11.6. The van der Waals surface area contributed by atoms with Crippen LogP contribution in [0, 0.1) is 5.92 Å². The van der Waals surface area contributed by atoms with Crippen LogP contribution in [0.5, 0.6) is 0 Å². The largest absolute Gasteiger partial charge is 0.326 e. The number of hydrogen-bond donors (Lipinski definition) is 1. The molecular weight excluding hydrogens is 192 g/mol. The quantitative estimate of drug-likeness (QED) is 0.833. The molecule has 14 heavy (non-hydrogen) atoms. The molecule has 1 aromatic rings. The van der Waals surface area contributed by atoms with E-state index < -0.39 is 0 Å². The van der Waals surface area contributed by atoms with Crippen molar-refractivity contribution in [1.29, 1.82) is 0 Å². The van der Waals surface area contributed by atoms with Gasteiger partial charge < -0.3 is 5.73 Å². The van der Waals surface area contributed by atoms with Crippen molar-refractivity contribution in [3.05, 3.63) is 15.6 Å². The molecule has 0 saturated heterocycles. The van der Waals surface area contributed by atoms with E-state index in [0.29, 0.717) is 18.4 Å². The molecule has 0 saturated carbocycles. The first kappa shape index (κ1) is 11.7. The fraction of sp³-hybridized carbons (Fsp3) is 0.727. The lowest BCUT2D eigenvalue weighted by molar-refractivity contribution is 0.641. The maximum atomic E-state index is 5.70. The Bertz CT molecular complexity index is 289. The Hall–Kier alpha value is -0.410. The maximum Gasteiger partial charge on any atom is 0.0934 e. The fourth-order valence-corrected chi connectivity index (χ4v) is 2.76. The average Bonchev–Trinajstić information content (AvgIpc) is 2.46. The molecule has 1 aromatic heterocycles. The molecule has 1 heterocycles. The molecule has 0 aliphatic rings. The summed E-state index contributed by atoms with van der Waals surface area (Å²) in [6.07, 6.45) is 1.07. The lowest BCUT2D eigenvalue weighted by Gasteiger charge is -2.02. The summed E-state index contributed by atoms with van der Waals surface area (Å²) in [6.45, 7) is 9.42. The lowest BCUT2D eigenvalue weighted by Crippen LogP contribution is -2.00. The minimum Gasteiger partial charge on any atom is -0.326 e. The van der Waals surface area contributed by atoms with E-state index in [4.69, 9.17) is 5.73 Å². The second-order valence-electron chi connectivity index (χ2n) is 4.37. The topological polar surface area (TPSA) is 38.9 Å². The van der Waals surface area contributed by atoms with Gasteiger partial charge in [-0.05, 0) is 11.8 Å². The van der Waals surface area contributed by atoms with Gasteiger partial charge in [0.15, 0.2) is 0 Å². The minimum absolute atomic E-state index is 0.491. The summed E-state index contributed by atoms with van der Waals surface area (Å²) in [5.74, 6) is 1.16. The second kappa shape index (κ2) is 4.89. The van der Waals surface area contributed by atoms with Crippen LogP contribution in [0.25, 0.3) is 0 Å². The van der Waals surface area contributed by atoms with E-state index in [1.54, 1.807) is 11.3 Å². The average molecular weight is 212 g/mol. The number of aromatic nitrogens is 1. The summed E-state index contributed by atoms with van der Waals surface area (Å²) >= 11 is 1.78. The van der Waals surface area contributed by atoms with Crippen molar-refractivity contribution in [2.24, 2.45) is 11.7 Å². The van der Waals surface area contributed by atoms with Gasteiger partial charge in [0, 0.05) is 17.8 Å². The summed E-state index contributed by atoms with van der Waals surface area (Å²) in [7, 11) is 0. The van der Waals surface area contributed by atoms with Crippen LogP contribution in [0.3, 0.4) is 0 Å². The zero-order valence-corrected chi connectivity index (χ0v) is 10.3. The van der Waals surface area contributed by atoms with E-state index in [9.17, 15) is 0 Å². The smallest absolute Gasteiger partial charge is 0.0934 e. The van der Waals surface area contributed by atoms with E-state index in [-0.39, 0.29) is 0 Å². The van der Waals surface area contributed by atoms with Gasteiger partial charge in [-0.1, -0.05) is 27.7 Å². The third-order valence-corrected chi connectivity index (χ3v) is 3.20. The summed E-state index contributed by atoms with van der Waals surface area (Å²) in [4.78, 5) is 5.92. The Labute approximate surface area is 90.6 Å². The molecule has 0 unspecified atom stereocenters. The number of thiazole rings is 1. The lowest BCUT2D eigenvalue weighted by atomic mass is 10.1. The first-order valence-electron chi connectivity index (χ1n) is 5.23. The standard InChI is InChI=1S/C11H20N2S/c1-7(2)5-10-13-11(8(3)4)9(6-12)14-10/h7-8H,5-6,12H2,1-4H3. The van der Waals surface area contributed by atoms with Gasteiger partial charge >= 0.3 is 0 Å². The highest BCUT2D eigenvalue weighted by molar-refractivity contribution is 7.11. The van der Waals surface area contributed by atoms with Gasteiger partial charge in [-0.3, -0.25) is 0 Å². The predicted octanol–water partition coefficient (Wildman–Crippen LogP) is 2.92.